The molecule has 0 bridgehead atoms. The fraction of sp³-hybridized carbons (Fsp3) is 0.417. The summed E-state index contributed by atoms with van der Waals surface area (Å²) in [6.45, 7) is 4.24. The first kappa shape index (κ1) is 12.5. The highest BCUT2D eigenvalue weighted by Gasteiger charge is 2.12. The van der Waals surface area contributed by atoms with Crippen LogP contribution >= 0.6 is 0 Å². The highest BCUT2D eigenvalue weighted by Crippen LogP contribution is 2.14. The predicted octanol–water partition coefficient (Wildman–Crippen LogP) is 1.55. The molecule has 4 heteroatoms. The summed E-state index contributed by atoms with van der Waals surface area (Å²) in [4.78, 5) is 11.9. The summed E-state index contributed by atoms with van der Waals surface area (Å²) in [6, 6.07) is 5.35. The van der Waals surface area contributed by atoms with E-state index >= 15 is 0 Å². The zero-order valence-electron chi connectivity index (χ0n) is 9.91. The van der Waals surface area contributed by atoms with Crippen LogP contribution in [0.25, 0.3) is 0 Å². The normalized spacial score (nSPS) is 10.5. The second-order valence-corrected chi connectivity index (χ2v) is 3.98. The quantitative estimate of drug-likeness (QED) is 0.760. The summed E-state index contributed by atoms with van der Waals surface area (Å²) < 4.78 is 5.04. The zero-order chi connectivity index (χ0) is 12.1. The van der Waals surface area contributed by atoms with Crippen LogP contribution in [-0.2, 0) is 11.3 Å². The van der Waals surface area contributed by atoms with E-state index in [0.717, 1.165) is 5.56 Å². The van der Waals surface area contributed by atoms with Gasteiger partial charge >= 0.3 is 0 Å². The highest BCUT2D eigenvalue weighted by atomic mass is 16.5. The van der Waals surface area contributed by atoms with Crippen molar-refractivity contribution in [2.45, 2.75) is 26.5 Å². The molecule has 0 aliphatic carbocycles. The molecular weight excluding hydrogens is 204 g/mol. The Morgan fingerprint density at radius 1 is 1.50 bits per heavy atom. The van der Waals surface area contributed by atoms with Crippen molar-refractivity contribution in [2.75, 3.05) is 12.8 Å². The van der Waals surface area contributed by atoms with E-state index in [1.54, 1.807) is 19.2 Å². The van der Waals surface area contributed by atoms with Crippen molar-refractivity contribution < 1.29 is 9.53 Å². The molecule has 0 unspecified atom stereocenters. The van der Waals surface area contributed by atoms with Crippen LogP contribution in [-0.4, -0.2) is 19.1 Å². The minimum Gasteiger partial charge on any atom is -0.399 e. The third-order valence-electron chi connectivity index (χ3n) is 2.10. The summed E-state index contributed by atoms with van der Waals surface area (Å²) in [5.74, 6) is -0.116. The number of carbonyl (C=O) groups excluding carboxylic acids is 1. The number of amides is 1. The van der Waals surface area contributed by atoms with Gasteiger partial charge in [0, 0.05) is 24.4 Å². The molecule has 1 aromatic carbocycles. The summed E-state index contributed by atoms with van der Waals surface area (Å²) in [6.07, 6.45) is 0. The second-order valence-electron chi connectivity index (χ2n) is 3.98. The first-order chi connectivity index (χ1) is 7.54. The van der Waals surface area contributed by atoms with Crippen LogP contribution in [0.15, 0.2) is 18.2 Å². The van der Waals surface area contributed by atoms with Crippen LogP contribution < -0.4 is 11.1 Å². The summed E-state index contributed by atoms with van der Waals surface area (Å²) >= 11 is 0. The van der Waals surface area contributed by atoms with Gasteiger partial charge in [0.05, 0.1) is 6.61 Å². The van der Waals surface area contributed by atoms with Gasteiger partial charge in [-0.2, -0.15) is 0 Å². The first-order valence-corrected chi connectivity index (χ1v) is 5.22. The maximum absolute atomic E-state index is 11.9. The lowest BCUT2D eigenvalue weighted by Crippen LogP contribution is -2.31. The van der Waals surface area contributed by atoms with Crippen molar-refractivity contribution in [3.8, 4) is 0 Å². The highest BCUT2D eigenvalue weighted by molar-refractivity contribution is 5.96. The Morgan fingerprint density at radius 2 is 2.19 bits per heavy atom. The zero-order valence-corrected chi connectivity index (χ0v) is 9.91. The van der Waals surface area contributed by atoms with Gasteiger partial charge in [-0.3, -0.25) is 4.79 Å². The lowest BCUT2D eigenvalue weighted by atomic mass is 10.1. The molecular formula is C12H18N2O2. The molecule has 0 spiro atoms. The van der Waals surface area contributed by atoms with E-state index in [2.05, 4.69) is 5.32 Å². The SMILES string of the molecule is COCc1ccc(N)cc1C(=O)NC(C)C. The predicted molar refractivity (Wildman–Crippen MR) is 64.2 cm³/mol. The molecule has 0 heterocycles. The van der Waals surface area contributed by atoms with Gasteiger partial charge in [-0.25, -0.2) is 0 Å². The van der Waals surface area contributed by atoms with Gasteiger partial charge in [0.25, 0.3) is 5.91 Å². The number of benzene rings is 1. The lowest BCUT2D eigenvalue weighted by molar-refractivity contribution is 0.0938. The van der Waals surface area contributed by atoms with Crippen LogP contribution in [0.2, 0.25) is 0 Å². The van der Waals surface area contributed by atoms with Crippen LogP contribution in [0.5, 0.6) is 0 Å². The molecule has 1 aromatic rings. The molecule has 0 radical (unpaired) electrons. The fourth-order valence-electron chi connectivity index (χ4n) is 1.43. The lowest BCUT2D eigenvalue weighted by Gasteiger charge is -2.12. The number of rotatable bonds is 4. The van der Waals surface area contributed by atoms with Gasteiger partial charge in [-0.05, 0) is 31.5 Å². The van der Waals surface area contributed by atoms with Crippen molar-refractivity contribution in [1.29, 1.82) is 0 Å². The van der Waals surface area contributed by atoms with E-state index in [-0.39, 0.29) is 11.9 Å². The molecule has 3 N–H and O–H groups in total. The topological polar surface area (TPSA) is 64.3 Å². The van der Waals surface area contributed by atoms with E-state index in [0.29, 0.717) is 17.9 Å². The fourth-order valence-corrected chi connectivity index (χ4v) is 1.43. The second kappa shape index (κ2) is 5.51. The van der Waals surface area contributed by atoms with Crippen LogP contribution in [0.4, 0.5) is 5.69 Å². The van der Waals surface area contributed by atoms with Crippen LogP contribution in [0.3, 0.4) is 0 Å². The van der Waals surface area contributed by atoms with Crippen molar-refractivity contribution in [1.82, 2.24) is 5.32 Å². The van der Waals surface area contributed by atoms with Crippen molar-refractivity contribution in [3.63, 3.8) is 0 Å². The monoisotopic (exact) mass is 222 g/mol. The van der Waals surface area contributed by atoms with E-state index < -0.39 is 0 Å². The summed E-state index contributed by atoms with van der Waals surface area (Å²) in [5, 5.41) is 2.84. The maximum atomic E-state index is 11.9. The molecule has 0 saturated carbocycles. The molecule has 16 heavy (non-hydrogen) atoms. The number of nitrogens with two attached hydrogens (primary N) is 1. The van der Waals surface area contributed by atoms with Gasteiger partial charge in [-0.1, -0.05) is 6.07 Å². The Kier molecular flexibility index (Phi) is 4.31. The number of hydrogen-bond donors (Lipinski definition) is 2. The Balaban J connectivity index is 2.99. The van der Waals surface area contributed by atoms with E-state index in [1.807, 2.05) is 19.9 Å². The largest absolute Gasteiger partial charge is 0.399 e. The maximum Gasteiger partial charge on any atom is 0.251 e. The van der Waals surface area contributed by atoms with Crippen molar-refractivity contribution in [2.24, 2.45) is 0 Å². The van der Waals surface area contributed by atoms with Crippen molar-refractivity contribution in [3.05, 3.63) is 29.3 Å². The van der Waals surface area contributed by atoms with E-state index in [4.69, 9.17) is 10.5 Å². The average molecular weight is 222 g/mol. The summed E-state index contributed by atoms with van der Waals surface area (Å²) in [7, 11) is 1.60. The van der Waals surface area contributed by atoms with Crippen molar-refractivity contribution >= 4 is 11.6 Å². The Bertz CT molecular complexity index is 375. The van der Waals surface area contributed by atoms with E-state index in [9.17, 15) is 4.79 Å². The van der Waals surface area contributed by atoms with Crippen LogP contribution in [0, 0.1) is 0 Å². The Morgan fingerprint density at radius 3 is 2.75 bits per heavy atom. The number of nitrogens with one attached hydrogen (secondary N) is 1. The van der Waals surface area contributed by atoms with Gasteiger partial charge in [0.1, 0.15) is 0 Å². The van der Waals surface area contributed by atoms with E-state index in [1.165, 1.54) is 0 Å². The Labute approximate surface area is 95.8 Å². The molecule has 0 aliphatic rings. The molecule has 0 aliphatic heterocycles. The van der Waals surface area contributed by atoms with Gasteiger partial charge in [0.2, 0.25) is 0 Å². The van der Waals surface area contributed by atoms with Gasteiger partial charge < -0.3 is 15.8 Å². The molecule has 88 valence electrons. The average Bonchev–Trinajstić information content (AvgIpc) is 2.20. The third kappa shape index (κ3) is 3.24. The first-order valence-electron chi connectivity index (χ1n) is 5.22. The number of ether oxygens (including phenoxy) is 1. The van der Waals surface area contributed by atoms with Gasteiger partial charge in [-0.15, -0.1) is 0 Å². The molecule has 0 fully saturated rings. The number of methoxy groups -OCH3 is 1. The molecule has 1 amide bonds. The Hall–Kier alpha value is -1.55. The number of nitrogen functional groups attached to an aromatic ring is 1. The minimum atomic E-state index is -0.116. The summed E-state index contributed by atoms with van der Waals surface area (Å²) in [5.41, 5.74) is 7.67. The van der Waals surface area contributed by atoms with Crippen LogP contribution in [0.1, 0.15) is 29.8 Å². The number of carbonyl (C=O) groups is 1. The molecule has 4 nitrogen and oxygen atoms in total. The molecule has 0 saturated heterocycles. The van der Waals surface area contributed by atoms with Gasteiger partial charge in [0.15, 0.2) is 0 Å². The standard InChI is InChI=1S/C12H18N2O2/c1-8(2)14-12(15)11-6-10(13)5-4-9(11)7-16-3/h4-6,8H,7,13H2,1-3H3,(H,14,15). The third-order valence-corrected chi connectivity index (χ3v) is 2.10. The smallest absolute Gasteiger partial charge is 0.251 e. The minimum absolute atomic E-state index is 0.101. The number of anilines is 1. The number of hydrogen-bond acceptors (Lipinski definition) is 3. The molecule has 0 atom stereocenters. The molecule has 1 rings (SSSR count). The molecule has 0 aromatic heterocycles.